The molecule has 2 aliphatic heterocycles. The van der Waals surface area contributed by atoms with Crippen LogP contribution < -0.4 is 0 Å². The molecule has 0 amide bonds. The van der Waals surface area contributed by atoms with E-state index in [0.717, 1.165) is 5.56 Å². The van der Waals surface area contributed by atoms with Crippen molar-refractivity contribution in [3.8, 4) is 0 Å². The Kier molecular flexibility index (Phi) is 5.45. The Morgan fingerprint density at radius 1 is 0.952 bits per heavy atom. The fourth-order valence-electron chi connectivity index (χ4n) is 11.7. The summed E-state index contributed by atoms with van der Waals surface area (Å²) in [5, 5.41) is 37.6. The minimum atomic E-state index is -2.19. The van der Waals surface area contributed by atoms with E-state index in [1.165, 1.54) is 14.2 Å². The maximum absolute atomic E-state index is 13.2. The minimum absolute atomic E-state index is 0.0554. The molecule has 4 bridgehead atoms. The van der Waals surface area contributed by atoms with Crippen LogP contribution >= 0.6 is 0 Å². The van der Waals surface area contributed by atoms with E-state index in [1.54, 1.807) is 19.5 Å². The Labute approximate surface area is 244 Å². The number of carbonyl (C=O) groups excluding carboxylic acids is 2. The lowest BCUT2D eigenvalue weighted by molar-refractivity contribution is -0.478. The van der Waals surface area contributed by atoms with Crippen molar-refractivity contribution >= 4 is 11.9 Å². The molecule has 6 aliphatic rings. The topological polar surface area (TPSA) is 154 Å². The fraction of sp³-hybridized carbons (Fsp3) is 0.806. The molecule has 4 saturated carbocycles. The average Bonchev–Trinajstić information content (AvgIpc) is 3.65. The molecular formula is C31H42O11. The summed E-state index contributed by atoms with van der Waals surface area (Å²) < 4.78 is 36.3. The first-order chi connectivity index (χ1) is 19.5. The summed E-state index contributed by atoms with van der Waals surface area (Å²) in [5.41, 5.74) is -8.70. The Hall–Kier alpha value is -2.02. The molecule has 2 spiro atoms. The number of hydrogen-bond donors (Lipinski definition) is 3. The van der Waals surface area contributed by atoms with E-state index in [-0.39, 0.29) is 25.2 Å². The van der Waals surface area contributed by atoms with Crippen LogP contribution in [-0.4, -0.2) is 82.1 Å². The molecule has 2 saturated heterocycles. The summed E-state index contributed by atoms with van der Waals surface area (Å²) in [6.45, 7) is 9.51. The molecule has 0 radical (unpaired) electrons. The van der Waals surface area contributed by atoms with Gasteiger partial charge in [0.05, 0.1) is 39.3 Å². The molecule has 3 unspecified atom stereocenters. The molecule has 1 aromatic heterocycles. The Morgan fingerprint density at radius 2 is 1.57 bits per heavy atom. The molecule has 7 rings (SSSR count). The van der Waals surface area contributed by atoms with Crippen LogP contribution in [0, 0.1) is 28.1 Å². The minimum Gasteiger partial charge on any atom is -0.472 e. The number of hydrogen-bond acceptors (Lipinski definition) is 11. The van der Waals surface area contributed by atoms with Crippen LogP contribution in [0.5, 0.6) is 0 Å². The first-order valence-corrected chi connectivity index (χ1v) is 14.9. The summed E-state index contributed by atoms with van der Waals surface area (Å²) in [7, 11) is 2.63. The Morgan fingerprint density at radius 3 is 2.17 bits per heavy atom. The SMILES string of the molecule is COC(=O)CC1[C@]23OC4(C)O[C@@]2(CC[C@@]1(C)[C@@H](C)c1ccoc1)[C@]1(C)[C@@H](CC(=O)OC)[C@@]2(C)C[C@@]1(O4)[C@](O)(C2O)[C@H]3O. The van der Waals surface area contributed by atoms with Gasteiger partial charge in [-0.25, -0.2) is 0 Å². The van der Waals surface area contributed by atoms with Crippen molar-refractivity contribution < 1.29 is 53.0 Å². The number of esters is 2. The lowest BCUT2D eigenvalue weighted by Crippen LogP contribution is -2.93. The van der Waals surface area contributed by atoms with Crippen LogP contribution in [0.4, 0.5) is 0 Å². The summed E-state index contributed by atoms with van der Waals surface area (Å²) in [6, 6.07) is 1.88. The van der Waals surface area contributed by atoms with E-state index in [4.69, 9.17) is 28.1 Å². The van der Waals surface area contributed by atoms with Crippen LogP contribution in [0.2, 0.25) is 0 Å². The number of carbonyl (C=O) groups is 2. The van der Waals surface area contributed by atoms with Gasteiger partial charge in [-0.15, -0.1) is 0 Å². The number of rotatable bonds is 6. The highest BCUT2D eigenvalue weighted by Gasteiger charge is 3.02. The van der Waals surface area contributed by atoms with E-state index in [9.17, 15) is 24.9 Å². The molecular weight excluding hydrogens is 548 g/mol. The lowest BCUT2D eigenvalue weighted by atomic mass is 9.33. The third-order valence-corrected chi connectivity index (χ3v) is 13.6. The largest absolute Gasteiger partial charge is 0.472 e. The molecule has 42 heavy (non-hydrogen) atoms. The molecule has 11 heteroatoms. The van der Waals surface area contributed by atoms with E-state index in [1.807, 2.05) is 26.8 Å². The van der Waals surface area contributed by atoms with Crippen molar-refractivity contribution in [2.45, 2.75) is 113 Å². The maximum atomic E-state index is 13.2. The van der Waals surface area contributed by atoms with Crippen molar-refractivity contribution in [2.24, 2.45) is 28.1 Å². The van der Waals surface area contributed by atoms with Gasteiger partial charge in [-0.1, -0.05) is 27.7 Å². The molecule has 232 valence electrons. The maximum Gasteiger partial charge on any atom is 0.305 e. The highest BCUT2D eigenvalue weighted by atomic mass is 16.9. The molecule has 13 atom stereocenters. The fourth-order valence-corrected chi connectivity index (χ4v) is 11.7. The van der Waals surface area contributed by atoms with Gasteiger partial charge in [-0.3, -0.25) is 9.59 Å². The standard InChI is InChI=1S/C31H42O11/c1-16(17-8-11-39-14-17)24(2)9-10-28-26(4)18(12-20(32)37-6)25(3)15-29(26)30(36,22(25)34)23(35)31(28,19(24)13-21(33)38-7)42-27(5,40-28)41-29/h8,11,14,16,18-19,22-23,34-36H,9-10,12-13,15H2,1-7H3/t16-,18-,19?,22?,23+,24-,25+,26-,27?,28-,29-,30-,31+/m0/s1. The molecule has 4 aliphatic carbocycles. The van der Waals surface area contributed by atoms with Crippen molar-refractivity contribution in [2.75, 3.05) is 14.2 Å². The van der Waals surface area contributed by atoms with Crippen LogP contribution in [0.3, 0.4) is 0 Å². The summed E-state index contributed by atoms with van der Waals surface area (Å²) in [5.74, 6) is -4.19. The van der Waals surface area contributed by atoms with Gasteiger partial charge < -0.3 is 43.4 Å². The molecule has 6 fully saturated rings. The number of aliphatic hydroxyl groups is 3. The molecule has 1 aromatic rings. The number of ether oxygens (including phenoxy) is 5. The number of fused-ring (bicyclic) bond motifs is 2. The molecule has 0 aromatic carbocycles. The van der Waals surface area contributed by atoms with Gasteiger partial charge in [-0.05, 0) is 48.1 Å². The first kappa shape index (κ1) is 28.7. The van der Waals surface area contributed by atoms with Crippen LogP contribution in [0.15, 0.2) is 23.0 Å². The van der Waals surface area contributed by atoms with E-state index < -0.39 is 80.6 Å². The summed E-state index contributed by atoms with van der Waals surface area (Å²) >= 11 is 0. The third-order valence-electron chi connectivity index (χ3n) is 13.6. The molecule has 11 nitrogen and oxygen atoms in total. The second kappa shape index (κ2) is 7.97. The zero-order valence-electron chi connectivity index (χ0n) is 25.3. The van der Waals surface area contributed by atoms with Gasteiger partial charge >= 0.3 is 11.9 Å². The van der Waals surface area contributed by atoms with Crippen LogP contribution in [0.25, 0.3) is 0 Å². The highest BCUT2D eigenvalue weighted by molar-refractivity contribution is 5.71. The predicted molar refractivity (Wildman–Crippen MR) is 142 cm³/mol. The summed E-state index contributed by atoms with van der Waals surface area (Å²) in [4.78, 5) is 26.2. The van der Waals surface area contributed by atoms with Crippen molar-refractivity contribution in [3.05, 3.63) is 24.2 Å². The number of aliphatic hydroxyl groups excluding tert-OH is 2. The van der Waals surface area contributed by atoms with Gasteiger partial charge in [0.1, 0.15) is 28.5 Å². The van der Waals surface area contributed by atoms with Crippen molar-refractivity contribution in [3.63, 3.8) is 0 Å². The molecule has 3 heterocycles. The van der Waals surface area contributed by atoms with Gasteiger partial charge in [0.15, 0.2) is 0 Å². The first-order valence-electron chi connectivity index (χ1n) is 14.9. The average molecular weight is 591 g/mol. The van der Waals surface area contributed by atoms with E-state index in [2.05, 4.69) is 6.92 Å². The Balaban J connectivity index is 1.53. The number of methoxy groups -OCH3 is 2. The van der Waals surface area contributed by atoms with Crippen molar-refractivity contribution in [1.29, 1.82) is 0 Å². The van der Waals surface area contributed by atoms with Gasteiger partial charge in [0.2, 0.25) is 0 Å². The normalized spacial score (nSPS) is 55.4. The Bertz CT molecular complexity index is 1350. The second-order valence-corrected chi connectivity index (χ2v) is 14.6. The number of furan rings is 1. The monoisotopic (exact) mass is 590 g/mol. The van der Waals surface area contributed by atoms with Crippen molar-refractivity contribution in [1.82, 2.24) is 0 Å². The smallest absolute Gasteiger partial charge is 0.305 e. The van der Waals surface area contributed by atoms with Gasteiger partial charge in [-0.2, -0.15) is 0 Å². The third kappa shape index (κ3) is 2.58. The zero-order valence-corrected chi connectivity index (χ0v) is 25.3. The second-order valence-electron chi connectivity index (χ2n) is 14.6. The zero-order chi connectivity index (χ0) is 30.5. The van der Waals surface area contributed by atoms with Crippen LogP contribution in [0.1, 0.15) is 78.2 Å². The molecule has 3 N–H and O–H groups in total. The van der Waals surface area contributed by atoms with E-state index >= 15 is 0 Å². The highest BCUT2D eigenvalue weighted by Crippen LogP contribution is 2.88. The van der Waals surface area contributed by atoms with Crippen LogP contribution in [-0.2, 0) is 33.3 Å². The lowest BCUT2D eigenvalue weighted by Gasteiger charge is -2.76. The quantitative estimate of drug-likeness (QED) is 0.419. The van der Waals surface area contributed by atoms with Gasteiger partial charge in [0, 0.05) is 30.1 Å². The predicted octanol–water partition coefficient (Wildman–Crippen LogP) is 2.41. The summed E-state index contributed by atoms with van der Waals surface area (Å²) in [6.07, 6.45) is 1.01. The van der Waals surface area contributed by atoms with Gasteiger partial charge in [0.25, 0.3) is 5.97 Å². The van der Waals surface area contributed by atoms with E-state index in [0.29, 0.717) is 12.8 Å².